The average Bonchev–Trinajstić information content (AvgIpc) is 3.12. The Hall–Kier alpha value is -2.14. The number of carbonyl (C=O) groups is 1. The van der Waals surface area contributed by atoms with Crippen molar-refractivity contribution in [2.45, 2.75) is 45.1 Å². The van der Waals surface area contributed by atoms with E-state index in [1.54, 1.807) is 0 Å². The van der Waals surface area contributed by atoms with Crippen LogP contribution in [0.5, 0.6) is 5.75 Å². The maximum absolute atomic E-state index is 12.7. The van der Waals surface area contributed by atoms with Gasteiger partial charge in [-0.2, -0.15) is 0 Å². The molecule has 1 unspecified atom stereocenters. The smallest absolute Gasteiger partial charge is 0.272 e. The van der Waals surface area contributed by atoms with E-state index in [0.717, 1.165) is 55.6 Å². The molecule has 0 saturated carbocycles. The summed E-state index contributed by atoms with van der Waals surface area (Å²) in [4.78, 5) is 21.7. The molecular weight excluding hydrogens is 350 g/mol. The van der Waals surface area contributed by atoms with Gasteiger partial charge in [-0.15, -0.1) is 0 Å². The third kappa shape index (κ3) is 4.30. The summed E-state index contributed by atoms with van der Waals surface area (Å²) in [6, 6.07) is 10.4. The van der Waals surface area contributed by atoms with Gasteiger partial charge in [-0.25, -0.2) is 4.98 Å². The summed E-state index contributed by atoms with van der Waals surface area (Å²) in [5.41, 5.74) is 1.39. The van der Waals surface area contributed by atoms with Gasteiger partial charge >= 0.3 is 0 Å². The van der Waals surface area contributed by atoms with Gasteiger partial charge in [-0.3, -0.25) is 4.79 Å². The van der Waals surface area contributed by atoms with E-state index >= 15 is 0 Å². The summed E-state index contributed by atoms with van der Waals surface area (Å²) in [7, 11) is 2.20. The molecule has 0 bridgehead atoms. The van der Waals surface area contributed by atoms with E-state index in [4.69, 9.17) is 4.74 Å². The predicted octanol–water partition coefficient (Wildman–Crippen LogP) is 3.97. The van der Waals surface area contributed by atoms with E-state index in [-0.39, 0.29) is 5.91 Å². The maximum Gasteiger partial charge on any atom is 0.272 e. The number of carbonyl (C=O) groups excluding carboxylic acids is 1. The molecule has 1 atom stereocenters. The zero-order chi connectivity index (χ0) is 19.5. The van der Waals surface area contributed by atoms with Crippen molar-refractivity contribution in [3.05, 3.63) is 36.0 Å². The van der Waals surface area contributed by atoms with E-state index in [2.05, 4.69) is 23.9 Å². The van der Waals surface area contributed by atoms with Crippen molar-refractivity contribution in [1.82, 2.24) is 14.8 Å². The number of pyridine rings is 1. The molecule has 1 aromatic carbocycles. The minimum Gasteiger partial charge on any atom is -0.494 e. The largest absolute Gasteiger partial charge is 0.494 e. The Morgan fingerprint density at radius 3 is 2.71 bits per heavy atom. The summed E-state index contributed by atoms with van der Waals surface area (Å²) in [6.07, 6.45) is 5.79. The average molecular weight is 382 g/mol. The molecule has 0 N–H and O–H groups in total. The van der Waals surface area contributed by atoms with Crippen LogP contribution < -0.4 is 4.74 Å². The van der Waals surface area contributed by atoms with E-state index in [9.17, 15) is 4.79 Å². The Balaban J connectivity index is 1.39. The molecule has 150 valence electrons. The van der Waals surface area contributed by atoms with Crippen LogP contribution in [0.2, 0.25) is 0 Å². The molecule has 2 aliphatic rings. The molecule has 2 aliphatic heterocycles. The van der Waals surface area contributed by atoms with Crippen LogP contribution in [0.25, 0.3) is 10.9 Å². The first-order valence-corrected chi connectivity index (χ1v) is 10.6. The van der Waals surface area contributed by atoms with Crippen LogP contribution in [0.15, 0.2) is 30.3 Å². The minimum absolute atomic E-state index is 0.0507. The molecule has 3 heterocycles. The zero-order valence-electron chi connectivity index (χ0n) is 17.1. The molecule has 2 aromatic rings. The first-order chi connectivity index (χ1) is 13.6. The number of ether oxygens (including phenoxy) is 1. The van der Waals surface area contributed by atoms with E-state index in [0.29, 0.717) is 17.7 Å². The van der Waals surface area contributed by atoms with Crippen LogP contribution in [0, 0.1) is 5.92 Å². The number of hydrogen-bond acceptors (Lipinski definition) is 4. The highest BCUT2D eigenvalue weighted by Gasteiger charge is 2.23. The monoisotopic (exact) mass is 381 g/mol. The lowest BCUT2D eigenvalue weighted by Gasteiger charge is -2.30. The number of rotatable bonds is 5. The lowest BCUT2D eigenvalue weighted by atomic mass is 9.99. The van der Waals surface area contributed by atoms with Crippen molar-refractivity contribution < 1.29 is 9.53 Å². The van der Waals surface area contributed by atoms with Crippen molar-refractivity contribution in [3.63, 3.8) is 0 Å². The third-order valence-corrected chi connectivity index (χ3v) is 6.34. The van der Waals surface area contributed by atoms with Gasteiger partial charge in [0.1, 0.15) is 11.4 Å². The van der Waals surface area contributed by atoms with Gasteiger partial charge < -0.3 is 14.5 Å². The Bertz CT molecular complexity index is 830. The number of piperidine rings is 1. The lowest BCUT2D eigenvalue weighted by molar-refractivity contribution is 0.0691. The molecule has 2 saturated heterocycles. The lowest BCUT2D eigenvalue weighted by Crippen LogP contribution is -2.38. The quantitative estimate of drug-likeness (QED) is 0.786. The number of fused-ring (bicyclic) bond motifs is 1. The number of hydrogen-bond donors (Lipinski definition) is 0. The maximum atomic E-state index is 12.7. The Morgan fingerprint density at radius 2 is 1.96 bits per heavy atom. The van der Waals surface area contributed by atoms with Crippen molar-refractivity contribution >= 4 is 16.8 Å². The van der Waals surface area contributed by atoms with Gasteiger partial charge in [0, 0.05) is 24.5 Å². The topological polar surface area (TPSA) is 45.7 Å². The molecule has 4 rings (SSSR count). The normalized spacial score (nSPS) is 21.4. The summed E-state index contributed by atoms with van der Waals surface area (Å²) in [5, 5.41) is 1.01. The van der Waals surface area contributed by atoms with Crippen molar-refractivity contribution in [3.8, 4) is 5.75 Å². The molecule has 0 radical (unpaired) electrons. The molecule has 0 aliphatic carbocycles. The number of amides is 1. The van der Waals surface area contributed by atoms with Crippen LogP contribution in [0.1, 0.15) is 49.5 Å². The predicted molar refractivity (Wildman–Crippen MR) is 112 cm³/mol. The van der Waals surface area contributed by atoms with E-state index < -0.39 is 0 Å². The molecule has 1 amide bonds. The second-order valence-corrected chi connectivity index (χ2v) is 8.44. The molecule has 0 spiro atoms. The molecule has 5 heteroatoms. The highest BCUT2D eigenvalue weighted by molar-refractivity contribution is 5.95. The number of benzene rings is 1. The highest BCUT2D eigenvalue weighted by Crippen LogP contribution is 2.23. The number of nitrogens with zero attached hydrogens (tertiary/aromatic N) is 3. The van der Waals surface area contributed by atoms with Gasteiger partial charge in [0.05, 0.1) is 12.1 Å². The number of aromatic nitrogens is 1. The number of likely N-dealkylation sites (tertiary alicyclic amines) is 2. The van der Waals surface area contributed by atoms with Crippen LogP contribution in [0.3, 0.4) is 0 Å². The molecule has 1 aromatic heterocycles. The van der Waals surface area contributed by atoms with Crippen molar-refractivity contribution in [2.75, 3.05) is 33.3 Å². The second-order valence-electron chi connectivity index (χ2n) is 8.44. The SMILES string of the molecule is CC1CCN(C(=O)c2ccc3cc(OCCC4CCCN4C)ccc3n2)CC1. The van der Waals surface area contributed by atoms with Gasteiger partial charge in [0.15, 0.2) is 0 Å². The molecule has 28 heavy (non-hydrogen) atoms. The van der Waals surface area contributed by atoms with E-state index in [1.807, 2.05) is 35.2 Å². The first kappa shape index (κ1) is 19.2. The van der Waals surface area contributed by atoms with Gasteiger partial charge in [0.25, 0.3) is 5.91 Å². The molecule has 5 nitrogen and oxygen atoms in total. The fourth-order valence-corrected chi connectivity index (χ4v) is 4.34. The standard InChI is InChI=1S/C23H31N3O2/c1-17-9-13-26(14-10-17)23(27)22-7-5-18-16-20(6-8-21(18)24-22)28-15-11-19-4-3-12-25(19)2/h5-8,16-17,19H,3-4,9-15H2,1-2H3. The van der Waals surface area contributed by atoms with Crippen LogP contribution >= 0.6 is 0 Å². The van der Waals surface area contributed by atoms with E-state index in [1.165, 1.54) is 19.4 Å². The zero-order valence-corrected chi connectivity index (χ0v) is 17.1. The van der Waals surface area contributed by atoms with Crippen LogP contribution in [-0.2, 0) is 0 Å². The first-order valence-electron chi connectivity index (χ1n) is 10.6. The fraction of sp³-hybridized carbons (Fsp3) is 0.565. The highest BCUT2D eigenvalue weighted by atomic mass is 16.5. The Morgan fingerprint density at radius 1 is 1.14 bits per heavy atom. The summed E-state index contributed by atoms with van der Waals surface area (Å²) in [5.74, 6) is 1.63. The Kier molecular flexibility index (Phi) is 5.81. The minimum atomic E-state index is 0.0507. The van der Waals surface area contributed by atoms with Crippen molar-refractivity contribution in [2.24, 2.45) is 5.92 Å². The Labute approximate surface area is 167 Å². The van der Waals surface area contributed by atoms with Crippen molar-refractivity contribution in [1.29, 1.82) is 0 Å². The molecular formula is C23H31N3O2. The van der Waals surface area contributed by atoms with Gasteiger partial charge in [-0.05, 0) is 75.9 Å². The van der Waals surface area contributed by atoms with Crippen LogP contribution in [-0.4, -0.2) is 60.0 Å². The molecule has 2 fully saturated rings. The second kappa shape index (κ2) is 8.48. The summed E-state index contributed by atoms with van der Waals surface area (Å²) >= 11 is 0. The van der Waals surface area contributed by atoms with Crippen LogP contribution in [0.4, 0.5) is 0 Å². The summed E-state index contributed by atoms with van der Waals surface area (Å²) < 4.78 is 5.98. The fourth-order valence-electron chi connectivity index (χ4n) is 4.34. The van der Waals surface area contributed by atoms with Gasteiger partial charge in [0.2, 0.25) is 0 Å². The summed E-state index contributed by atoms with van der Waals surface area (Å²) in [6.45, 7) is 5.86. The third-order valence-electron chi connectivity index (χ3n) is 6.34. The van der Waals surface area contributed by atoms with Gasteiger partial charge in [-0.1, -0.05) is 13.0 Å².